The van der Waals surface area contributed by atoms with Gasteiger partial charge in [-0.05, 0) is 37.5 Å². The van der Waals surface area contributed by atoms with E-state index >= 15 is 0 Å². The molecule has 0 radical (unpaired) electrons. The fraction of sp³-hybridized carbons (Fsp3) is 0.533. The third-order valence-electron chi connectivity index (χ3n) is 3.49. The van der Waals surface area contributed by atoms with Crippen molar-refractivity contribution in [2.24, 2.45) is 5.73 Å². The maximum absolute atomic E-state index is 12.3. The molecule has 5 nitrogen and oxygen atoms in total. The van der Waals surface area contributed by atoms with Gasteiger partial charge < -0.3 is 20.5 Å². The largest absolute Gasteiger partial charge is 0.381 e. The molecule has 0 spiro atoms. The van der Waals surface area contributed by atoms with Gasteiger partial charge in [0.2, 0.25) is 5.91 Å². The molecule has 0 saturated carbocycles. The Bertz CT molecular complexity index is 462. The van der Waals surface area contributed by atoms with Crippen LogP contribution < -0.4 is 11.1 Å². The van der Waals surface area contributed by atoms with E-state index in [4.69, 9.17) is 15.2 Å². The number of carbonyl (C=O) groups excluding carboxylic acids is 1. The first-order chi connectivity index (χ1) is 9.64. The highest BCUT2D eigenvalue weighted by Gasteiger charge is 2.35. The Morgan fingerprint density at radius 1 is 1.43 bits per heavy atom. The number of carbonyl (C=O) groups is 1. The maximum Gasteiger partial charge on any atom is 0.244 e. The molecule has 2 rings (SSSR count). The normalized spacial score (nSPS) is 16.9. The van der Waals surface area contributed by atoms with Gasteiger partial charge in [0, 0.05) is 25.5 Å². The number of amides is 1. The number of hydrogen-bond acceptors (Lipinski definition) is 4. The van der Waals surface area contributed by atoms with E-state index in [0.717, 1.165) is 11.3 Å². The van der Waals surface area contributed by atoms with Crippen molar-refractivity contribution in [1.82, 2.24) is 0 Å². The van der Waals surface area contributed by atoms with Crippen molar-refractivity contribution in [3.05, 3.63) is 29.8 Å². The second kappa shape index (κ2) is 8.34. The molecule has 1 fully saturated rings. The maximum atomic E-state index is 12.3. The van der Waals surface area contributed by atoms with Crippen molar-refractivity contribution in [3.8, 4) is 0 Å². The standard InChI is InChI=1S/C15H22N2O3.ClH/c1-2-19-11-12-4-3-5-13(10-12)17-14(18)15(16)6-8-20-9-7-15;/h3-5,10H,2,6-9,11,16H2,1H3,(H,17,18);1H. The van der Waals surface area contributed by atoms with Gasteiger partial charge in [-0.25, -0.2) is 0 Å². The molecular formula is C15H23ClN2O3. The van der Waals surface area contributed by atoms with Crippen molar-refractivity contribution in [2.45, 2.75) is 31.9 Å². The Morgan fingerprint density at radius 3 is 2.81 bits per heavy atom. The van der Waals surface area contributed by atoms with Gasteiger partial charge in [0.15, 0.2) is 0 Å². The Morgan fingerprint density at radius 2 is 2.14 bits per heavy atom. The van der Waals surface area contributed by atoms with Crippen molar-refractivity contribution < 1.29 is 14.3 Å². The predicted octanol–water partition coefficient (Wildman–Crippen LogP) is 2.09. The number of hydrogen-bond donors (Lipinski definition) is 2. The molecule has 0 unspecified atom stereocenters. The minimum absolute atomic E-state index is 0. The fourth-order valence-electron chi connectivity index (χ4n) is 2.18. The van der Waals surface area contributed by atoms with Crippen LogP contribution in [0.15, 0.2) is 24.3 Å². The Hall–Kier alpha value is -1.14. The molecule has 1 aliphatic rings. The molecule has 0 aromatic heterocycles. The van der Waals surface area contributed by atoms with E-state index in [2.05, 4.69) is 5.32 Å². The van der Waals surface area contributed by atoms with Gasteiger partial charge in [0.1, 0.15) is 5.54 Å². The number of halogens is 1. The highest BCUT2D eigenvalue weighted by molar-refractivity contribution is 5.98. The number of anilines is 1. The van der Waals surface area contributed by atoms with Crippen LogP contribution >= 0.6 is 12.4 Å². The highest BCUT2D eigenvalue weighted by atomic mass is 35.5. The van der Waals surface area contributed by atoms with E-state index < -0.39 is 5.54 Å². The summed E-state index contributed by atoms with van der Waals surface area (Å²) in [6.07, 6.45) is 1.11. The molecule has 0 aliphatic carbocycles. The average molecular weight is 315 g/mol. The lowest BCUT2D eigenvalue weighted by Gasteiger charge is -2.31. The van der Waals surface area contributed by atoms with Crippen LogP contribution in [0.5, 0.6) is 0 Å². The van der Waals surface area contributed by atoms with Crippen LogP contribution in [0.4, 0.5) is 5.69 Å². The van der Waals surface area contributed by atoms with Crippen molar-refractivity contribution in [1.29, 1.82) is 0 Å². The van der Waals surface area contributed by atoms with Crippen LogP contribution in [0.1, 0.15) is 25.3 Å². The molecule has 21 heavy (non-hydrogen) atoms. The van der Waals surface area contributed by atoms with Gasteiger partial charge in [-0.15, -0.1) is 12.4 Å². The summed E-state index contributed by atoms with van der Waals surface area (Å²) in [5, 5.41) is 2.89. The Kier molecular flexibility index (Phi) is 7.11. The quantitative estimate of drug-likeness (QED) is 0.873. The summed E-state index contributed by atoms with van der Waals surface area (Å²) < 4.78 is 10.6. The minimum Gasteiger partial charge on any atom is -0.381 e. The first kappa shape index (κ1) is 17.9. The molecule has 1 aromatic carbocycles. The molecule has 3 N–H and O–H groups in total. The van der Waals surface area contributed by atoms with E-state index in [1.807, 2.05) is 31.2 Å². The summed E-state index contributed by atoms with van der Waals surface area (Å²) >= 11 is 0. The third-order valence-corrected chi connectivity index (χ3v) is 3.49. The lowest BCUT2D eigenvalue weighted by atomic mass is 9.90. The topological polar surface area (TPSA) is 73.6 Å². The summed E-state index contributed by atoms with van der Waals surface area (Å²) in [6.45, 7) is 4.24. The molecule has 1 aromatic rings. The number of nitrogens with two attached hydrogens (primary N) is 1. The summed E-state index contributed by atoms with van der Waals surface area (Å²) in [6, 6.07) is 7.64. The van der Waals surface area contributed by atoms with E-state index in [1.165, 1.54) is 0 Å². The number of rotatable bonds is 5. The van der Waals surface area contributed by atoms with E-state index in [9.17, 15) is 4.79 Å². The van der Waals surface area contributed by atoms with E-state index in [-0.39, 0.29) is 18.3 Å². The van der Waals surface area contributed by atoms with Crippen LogP contribution in [0, 0.1) is 0 Å². The molecular weight excluding hydrogens is 292 g/mol. The SMILES string of the molecule is CCOCc1cccc(NC(=O)C2(N)CCOCC2)c1.Cl. The van der Waals surface area contributed by atoms with Crippen molar-refractivity contribution in [2.75, 3.05) is 25.1 Å². The summed E-state index contributed by atoms with van der Waals surface area (Å²) in [5.41, 5.74) is 7.11. The molecule has 1 saturated heterocycles. The second-order valence-corrected chi connectivity index (χ2v) is 5.06. The zero-order valence-electron chi connectivity index (χ0n) is 12.3. The van der Waals surface area contributed by atoms with Gasteiger partial charge in [-0.1, -0.05) is 12.1 Å². The smallest absolute Gasteiger partial charge is 0.244 e. The lowest BCUT2D eigenvalue weighted by Crippen LogP contribution is -2.54. The second-order valence-electron chi connectivity index (χ2n) is 5.06. The monoisotopic (exact) mass is 314 g/mol. The summed E-state index contributed by atoms with van der Waals surface area (Å²) in [5.74, 6) is -0.144. The first-order valence-corrected chi connectivity index (χ1v) is 6.99. The number of ether oxygens (including phenoxy) is 2. The predicted molar refractivity (Wildman–Crippen MR) is 84.6 cm³/mol. The summed E-state index contributed by atoms with van der Waals surface area (Å²) in [4.78, 5) is 12.3. The van der Waals surface area contributed by atoms with E-state index in [1.54, 1.807) is 0 Å². The van der Waals surface area contributed by atoms with Crippen LogP contribution in [0.3, 0.4) is 0 Å². The molecule has 1 amide bonds. The molecule has 0 atom stereocenters. The zero-order valence-corrected chi connectivity index (χ0v) is 13.1. The average Bonchev–Trinajstić information content (AvgIpc) is 2.46. The van der Waals surface area contributed by atoms with Crippen LogP contribution in [-0.4, -0.2) is 31.3 Å². The Balaban J connectivity index is 0.00000220. The molecule has 0 bridgehead atoms. The molecule has 6 heteroatoms. The van der Waals surface area contributed by atoms with Gasteiger partial charge in [0.25, 0.3) is 0 Å². The lowest BCUT2D eigenvalue weighted by molar-refractivity contribution is -0.124. The van der Waals surface area contributed by atoms with Gasteiger partial charge >= 0.3 is 0 Å². The van der Waals surface area contributed by atoms with Gasteiger partial charge in [-0.2, -0.15) is 0 Å². The summed E-state index contributed by atoms with van der Waals surface area (Å²) in [7, 11) is 0. The zero-order chi connectivity index (χ0) is 14.4. The van der Waals surface area contributed by atoms with E-state index in [0.29, 0.717) is 39.3 Å². The van der Waals surface area contributed by atoms with Crippen LogP contribution in [-0.2, 0) is 20.9 Å². The van der Waals surface area contributed by atoms with Gasteiger partial charge in [-0.3, -0.25) is 4.79 Å². The first-order valence-electron chi connectivity index (χ1n) is 6.99. The van der Waals surface area contributed by atoms with Crippen LogP contribution in [0.2, 0.25) is 0 Å². The van der Waals surface area contributed by atoms with Crippen LogP contribution in [0.25, 0.3) is 0 Å². The highest BCUT2D eigenvalue weighted by Crippen LogP contribution is 2.20. The molecule has 1 aliphatic heterocycles. The van der Waals surface area contributed by atoms with Crippen molar-refractivity contribution in [3.63, 3.8) is 0 Å². The third kappa shape index (κ3) is 4.97. The molecule has 118 valence electrons. The Labute approximate surface area is 131 Å². The van der Waals surface area contributed by atoms with Gasteiger partial charge in [0.05, 0.1) is 6.61 Å². The number of benzene rings is 1. The fourth-order valence-corrected chi connectivity index (χ4v) is 2.18. The molecule has 1 heterocycles. The number of nitrogens with one attached hydrogen (secondary N) is 1. The minimum atomic E-state index is -0.825. The van der Waals surface area contributed by atoms with Crippen molar-refractivity contribution >= 4 is 24.0 Å².